The predicted octanol–water partition coefficient (Wildman–Crippen LogP) is 6.78. The molecule has 334 valence electrons. The summed E-state index contributed by atoms with van der Waals surface area (Å²) in [5, 5.41) is 25.2. The molecule has 2 aliphatic rings. The van der Waals surface area contributed by atoms with Gasteiger partial charge in [-0.05, 0) is 58.4 Å². The molecule has 6 aromatic rings. The molecule has 2 aliphatic heterocycles. The van der Waals surface area contributed by atoms with Gasteiger partial charge in [-0.3, -0.25) is 9.80 Å². The van der Waals surface area contributed by atoms with Crippen LogP contribution in [-0.2, 0) is 4.74 Å². The van der Waals surface area contributed by atoms with Gasteiger partial charge in [0.15, 0.2) is 28.8 Å². The number of nitrogens with two attached hydrogens (primary N) is 1. The molecule has 2 unspecified atom stereocenters. The number of halogens is 4. The fourth-order valence-electron chi connectivity index (χ4n) is 6.93. The molecule has 0 amide bonds. The monoisotopic (exact) mass is 970 g/mol. The summed E-state index contributed by atoms with van der Waals surface area (Å²) in [4.78, 5) is 21.5. The Labute approximate surface area is 380 Å². The lowest BCUT2D eigenvalue weighted by molar-refractivity contribution is 0.00446. The molecule has 2 aromatic heterocycles. The number of hydrogen-bond donors (Lipinski definition) is 4. The molecule has 2 fully saturated rings. The van der Waals surface area contributed by atoms with Crippen molar-refractivity contribution in [3.05, 3.63) is 88.4 Å². The number of morpholine rings is 1. The van der Waals surface area contributed by atoms with Crippen LogP contribution in [0.2, 0.25) is 5.02 Å². The normalized spacial score (nSPS) is 15.4. The summed E-state index contributed by atoms with van der Waals surface area (Å²) < 4.78 is 56.8. The highest BCUT2D eigenvalue weighted by Gasteiger charge is 2.21. The fourth-order valence-corrected chi connectivity index (χ4v) is 8.44. The Hall–Kier alpha value is -4.86. The van der Waals surface area contributed by atoms with Crippen LogP contribution >= 0.6 is 39.3 Å². The SMILES string of the molecule is COc1cc2c(-c3ccc(Br)c(F)c3N)ncnc2cc1OCC(O)CN1CCSC1.COc1cc2c(Nc3ccc(Cl)cc3F)ncnc2cc1OCC(O)CN1CCOCC1. The third-order valence-corrected chi connectivity index (χ3v) is 12.0. The highest BCUT2D eigenvalue weighted by Crippen LogP contribution is 2.39. The maximum atomic E-state index is 14.3. The van der Waals surface area contributed by atoms with Gasteiger partial charge in [-0.2, -0.15) is 0 Å². The lowest BCUT2D eigenvalue weighted by atomic mass is 10.0. The first-order valence-electron chi connectivity index (χ1n) is 19.8. The van der Waals surface area contributed by atoms with Crippen molar-refractivity contribution >= 4 is 78.3 Å². The number of aromatic nitrogens is 4. The summed E-state index contributed by atoms with van der Waals surface area (Å²) >= 11 is 10.8. The number of anilines is 3. The average Bonchev–Trinajstić information content (AvgIpc) is 3.80. The van der Waals surface area contributed by atoms with E-state index in [1.54, 1.807) is 42.5 Å². The number of benzene rings is 4. The molecule has 20 heteroatoms. The van der Waals surface area contributed by atoms with E-state index >= 15 is 0 Å². The van der Waals surface area contributed by atoms with Crippen molar-refractivity contribution in [2.24, 2.45) is 0 Å². The Morgan fingerprint density at radius 1 is 0.825 bits per heavy atom. The van der Waals surface area contributed by atoms with Crippen LogP contribution in [0, 0.1) is 11.6 Å². The van der Waals surface area contributed by atoms with Crippen LogP contribution in [0.15, 0.2) is 71.7 Å². The number of methoxy groups -OCH3 is 2. The van der Waals surface area contributed by atoms with Gasteiger partial charge in [-0.1, -0.05) is 11.6 Å². The molecule has 0 bridgehead atoms. The van der Waals surface area contributed by atoms with Gasteiger partial charge >= 0.3 is 0 Å². The zero-order valence-corrected chi connectivity index (χ0v) is 37.6. The highest BCUT2D eigenvalue weighted by molar-refractivity contribution is 9.10. The van der Waals surface area contributed by atoms with Crippen LogP contribution in [0.25, 0.3) is 33.1 Å². The smallest absolute Gasteiger partial charge is 0.163 e. The van der Waals surface area contributed by atoms with Gasteiger partial charge < -0.3 is 44.9 Å². The first-order valence-corrected chi connectivity index (χ1v) is 22.2. The van der Waals surface area contributed by atoms with E-state index in [9.17, 15) is 19.0 Å². The maximum absolute atomic E-state index is 14.3. The summed E-state index contributed by atoms with van der Waals surface area (Å²) in [5.74, 6) is 3.21. The minimum Gasteiger partial charge on any atom is -0.493 e. The number of aliphatic hydroxyl groups is 2. The quantitative estimate of drug-likeness (QED) is 0.0790. The second-order valence-electron chi connectivity index (χ2n) is 14.5. The number of fused-ring (bicyclic) bond motifs is 2. The van der Waals surface area contributed by atoms with Crippen molar-refractivity contribution in [1.29, 1.82) is 0 Å². The molecule has 0 spiro atoms. The van der Waals surface area contributed by atoms with E-state index in [0.717, 1.165) is 31.3 Å². The van der Waals surface area contributed by atoms with E-state index in [4.69, 9.17) is 41.0 Å². The van der Waals surface area contributed by atoms with Crippen LogP contribution in [0.3, 0.4) is 0 Å². The van der Waals surface area contributed by atoms with Crippen molar-refractivity contribution in [2.75, 3.05) is 96.1 Å². The Morgan fingerprint density at radius 3 is 2.10 bits per heavy atom. The number of hydrogen-bond acceptors (Lipinski definition) is 16. The lowest BCUT2D eigenvalue weighted by Gasteiger charge is -2.28. The van der Waals surface area contributed by atoms with Crippen LogP contribution in [0.4, 0.5) is 26.0 Å². The van der Waals surface area contributed by atoms with E-state index in [-0.39, 0.29) is 29.1 Å². The molecule has 63 heavy (non-hydrogen) atoms. The second-order valence-corrected chi connectivity index (χ2v) is 16.9. The summed E-state index contributed by atoms with van der Waals surface area (Å²) in [7, 11) is 3.05. The van der Waals surface area contributed by atoms with E-state index < -0.39 is 23.8 Å². The Bertz CT molecular complexity index is 2530. The minimum absolute atomic E-state index is 0.00290. The number of ether oxygens (including phenoxy) is 5. The molecule has 8 rings (SSSR count). The van der Waals surface area contributed by atoms with Crippen LogP contribution in [0.5, 0.6) is 23.0 Å². The Morgan fingerprint density at radius 2 is 1.46 bits per heavy atom. The average molecular weight is 972 g/mol. The van der Waals surface area contributed by atoms with E-state index in [0.29, 0.717) is 93.2 Å². The Balaban J connectivity index is 0.000000189. The summed E-state index contributed by atoms with van der Waals surface area (Å²) in [5.41, 5.74) is 8.36. The molecule has 0 saturated carbocycles. The van der Waals surface area contributed by atoms with Gasteiger partial charge in [0.05, 0.1) is 60.0 Å². The molecule has 0 aliphatic carbocycles. The zero-order chi connectivity index (χ0) is 44.5. The van der Waals surface area contributed by atoms with Gasteiger partial charge in [0, 0.05) is 77.8 Å². The van der Waals surface area contributed by atoms with Gasteiger partial charge in [0.25, 0.3) is 0 Å². The number of nitrogens with one attached hydrogen (secondary N) is 1. The number of nitrogens with zero attached hydrogens (tertiary/aromatic N) is 6. The number of rotatable bonds is 15. The molecular weight excluding hydrogens is 926 g/mol. The molecule has 15 nitrogen and oxygen atoms in total. The van der Waals surface area contributed by atoms with Crippen LogP contribution < -0.4 is 30.0 Å². The van der Waals surface area contributed by atoms with Crippen molar-refractivity contribution in [1.82, 2.24) is 29.7 Å². The fraction of sp³-hybridized carbons (Fsp3) is 0.349. The summed E-state index contributed by atoms with van der Waals surface area (Å²) in [6.07, 6.45) is 1.49. The van der Waals surface area contributed by atoms with Crippen molar-refractivity contribution in [3.63, 3.8) is 0 Å². The third-order valence-electron chi connectivity index (χ3n) is 10.1. The van der Waals surface area contributed by atoms with E-state index in [1.165, 1.54) is 39.0 Å². The molecule has 4 aromatic carbocycles. The number of nitrogen functional groups attached to an aromatic ring is 1. The summed E-state index contributed by atoms with van der Waals surface area (Å²) in [6, 6.07) is 14.5. The summed E-state index contributed by atoms with van der Waals surface area (Å²) in [6.45, 7) is 5.18. The Kier molecular flexibility index (Phi) is 15.9. The number of aliphatic hydroxyl groups excluding tert-OH is 2. The standard InChI is InChI=1S/C22H24ClFN4O4.C21H22BrFN4O3S/c1-30-20-9-16-19(10-21(20)32-12-15(29)11-28-4-6-31-7-5-28)25-13-26-22(16)27-18-3-2-14(23)8-17(18)24;1-29-17-6-14-16(7-18(17)30-9-12(28)8-27-4-5-31-11-27)25-10-26-21(14)13-2-3-15(22)19(23)20(13)24/h2-3,8-10,13,15,29H,4-7,11-12H2,1H3,(H,25,26,27);2-3,6-7,10,12,28H,4-5,8-9,11,24H2,1H3. The predicted molar refractivity (Wildman–Crippen MR) is 244 cm³/mol. The van der Waals surface area contributed by atoms with Gasteiger partial charge in [-0.15, -0.1) is 11.8 Å². The number of β-amino-alcohol motifs (C(OH)–C–C–N with tert-alkyl or cyclic N) is 2. The highest BCUT2D eigenvalue weighted by atomic mass is 79.9. The van der Waals surface area contributed by atoms with Gasteiger partial charge in [0.2, 0.25) is 0 Å². The lowest BCUT2D eigenvalue weighted by Crippen LogP contribution is -2.42. The second kappa shape index (κ2) is 21.7. The first kappa shape index (κ1) is 46.1. The van der Waals surface area contributed by atoms with E-state index in [2.05, 4.69) is 51.0 Å². The molecule has 4 heterocycles. The third kappa shape index (κ3) is 11.6. The molecule has 2 saturated heterocycles. The van der Waals surface area contributed by atoms with Gasteiger partial charge in [-0.25, -0.2) is 28.7 Å². The van der Waals surface area contributed by atoms with Crippen LogP contribution in [-0.4, -0.2) is 137 Å². The van der Waals surface area contributed by atoms with Crippen molar-refractivity contribution in [3.8, 4) is 34.3 Å². The zero-order valence-electron chi connectivity index (χ0n) is 34.4. The van der Waals surface area contributed by atoms with Gasteiger partial charge in [0.1, 0.15) is 49.7 Å². The molecule has 0 radical (unpaired) electrons. The topological polar surface area (TPSA) is 183 Å². The minimum atomic E-state index is -0.663. The first-order chi connectivity index (χ1) is 30.5. The van der Waals surface area contributed by atoms with Crippen molar-refractivity contribution in [2.45, 2.75) is 12.2 Å². The molecule has 2 atom stereocenters. The van der Waals surface area contributed by atoms with Crippen molar-refractivity contribution < 1.29 is 42.7 Å². The van der Waals surface area contributed by atoms with Crippen LogP contribution in [0.1, 0.15) is 0 Å². The van der Waals surface area contributed by atoms with E-state index in [1.807, 2.05) is 11.8 Å². The largest absolute Gasteiger partial charge is 0.493 e. The maximum Gasteiger partial charge on any atom is 0.163 e. The number of thioether (sulfide) groups is 1. The molecular formula is C43H46BrClF2N8O7S. The molecule has 5 N–H and O–H groups in total.